The van der Waals surface area contributed by atoms with Gasteiger partial charge in [-0.05, 0) is 93.1 Å². The number of hydrogen-bond acceptors (Lipinski definition) is 6. The third kappa shape index (κ3) is 3.58. The summed E-state index contributed by atoms with van der Waals surface area (Å²) in [7, 11) is 0. The third-order valence-electron chi connectivity index (χ3n) is 10.5. The fourth-order valence-electron chi connectivity index (χ4n) is 8.32. The van der Waals surface area contributed by atoms with Crippen LogP contribution in [0.2, 0.25) is 0 Å². The van der Waals surface area contributed by atoms with Crippen LogP contribution < -0.4 is 0 Å². The van der Waals surface area contributed by atoms with Crippen molar-refractivity contribution in [3.63, 3.8) is 0 Å². The van der Waals surface area contributed by atoms with E-state index in [0.29, 0.717) is 38.0 Å². The summed E-state index contributed by atoms with van der Waals surface area (Å²) < 4.78 is 0. The Morgan fingerprint density at radius 1 is 1.09 bits per heavy atom. The van der Waals surface area contributed by atoms with Crippen molar-refractivity contribution in [2.24, 2.45) is 34.5 Å². The first kappa shape index (κ1) is 25.3. The van der Waals surface area contributed by atoms with Crippen LogP contribution in [0.5, 0.6) is 0 Å². The topological polar surface area (TPSA) is 118 Å². The van der Waals surface area contributed by atoms with Crippen LogP contribution >= 0.6 is 0 Å². The average molecular weight is 465 g/mol. The number of aliphatic hydroxyl groups is 5. The lowest BCUT2D eigenvalue weighted by Crippen LogP contribution is -2.62. The molecule has 0 heterocycles. The van der Waals surface area contributed by atoms with E-state index in [0.717, 1.165) is 18.4 Å². The highest BCUT2D eigenvalue weighted by Gasteiger charge is 2.69. The molecule has 4 aliphatic carbocycles. The molecule has 0 radical (unpaired) electrons. The second kappa shape index (κ2) is 8.12. The predicted molar refractivity (Wildman–Crippen MR) is 125 cm³/mol. The number of fused-ring (bicyclic) bond motifs is 5. The molecule has 0 spiro atoms. The molecule has 3 saturated carbocycles. The number of aliphatic hydroxyl groups excluding tert-OH is 3. The fourth-order valence-corrected chi connectivity index (χ4v) is 8.32. The Balaban J connectivity index is 1.68. The molecule has 3 fully saturated rings. The van der Waals surface area contributed by atoms with Crippen molar-refractivity contribution in [2.45, 2.75) is 115 Å². The third-order valence-corrected chi connectivity index (χ3v) is 10.5. The number of carbonyl (C=O) groups is 1. The van der Waals surface area contributed by atoms with Crippen LogP contribution in [0.15, 0.2) is 11.6 Å². The molecule has 0 saturated heterocycles. The van der Waals surface area contributed by atoms with Crippen LogP contribution in [-0.2, 0) is 4.79 Å². The highest BCUT2D eigenvalue weighted by molar-refractivity contribution is 5.95. The zero-order chi connectivity index (χ0) is 24.6. The minimum atomic E-state index is -1.34. The Bertz CT molecular complexity index is 819. The van der Waals surface area contributed by atoms with Gasteiger partial charge in [-0.25, -0.2) is 0 Å². The molecule has 0 aliphatic heterocycles. The molecule has 0 bridgehead atoms. The van der Waals surface area contributed by atoms with E-state index in [1.54, 1.807) is 13.0 Å². The Kier molecular flexibility index (Phi) is 6.23. The van der Waals surface area contributed by atoms with E-state index in [2.05, 4.69) is 13.8 Å². The Hall–Kier alpha value is -0.790. The number of ketones is 1. The van der Waals surface area contributed by atoms with Crippen LogP contribution in [0, 0.1) is 34.5 Å². The number of allylic oxidation sites excluding steroid dienone is 1. The van der Waals surface area contributed by atoms with Gasteiger partial charge in [0.15, 0.2) is 5.78 Å². The molecule has 1 unspecified atom stereocenters. The molecule has 0 aromatic heterocycles. The maximum absolute atomic E-state index is 13.2. The van der Waals surface area contributed by atoms with Gasteiger partial charge >= 0.3 is 0 Å². The maximum atomic E-state index is 13.2. The second-order valence-electron chi connectivity index (χ2n) is 12.8. The molecule has 33 heavy (non-hydrogen) atoms. The molecule has 0 aromatic carbocycles. The van der Waals surface area contributed by atoms with Crippen molar-refractivity contribution >= 4 is 5.78 Å². The summed E-state index contributed by atoms with van der Waals surface area (Å²) >= 11 is 0. The van der Waals surface area contributed by atoms with Gasteiger partial charge in [0.2, 0.25) is 0 Å². The molecule has 0 aromatic rings. The minimum absolute atomic E-state index is 0.0463. The van der Waals surface area contributed by atoms with E-state index < -0.39 is 40.3 Å². The van der Waals surface area contributed by atoms with Crippen LogP contribution in [0.1, 0.15) is 86.0 Å². The Labute approximate surface area is 198 Å². The molecule has 6 nitrogen and oxygen atoms in total. The molecular weight excluding hydrogens is 420 g/mol. The van der Waals surface area contributed by atoms with Gasteiger partial charge in [-0.1, -0.05) is 27.7 Å². The molecule has 188 valence electrons. The van der Waals surface area contributed by atoms with Crippen molar-refractivity contribution in [3.05, 3.63) is 11.6 Å². The highest BCUT2D eigenvalue weighted by Crippen LogP contribution is 2.68. The van der Waals surface area contributed by atoms with Crippen LogP contribution in [0.25, 0.3) is 0 Å². The fraction of sp³-hybridized carbons (Fsp3) is 0.889. The van der Waals surface area contributed by atoms with E-state index >= 15 is 0 Å². The monoisotopic (exact) mass is 464 g/mol. The molecule has 5 N–H and O–H groups in total. The van der Waals surface area contributed by atoms with E-state index in [1.165, 1.54) is 0 Å². The van der Waals surface area contributed by atoms with Gasteiger partial charge in [-0.15, -0.1) is 0 Å². The second-order valence-corrected chi connectivity index (χ2v) is 12.8. The van der Waals surface area contributed by atoms with Gasteiger partial charge in [0, 0.05) is 11.3 Å². The van der Waals surface area contributed by atoms with Gasteiger partial charge in [0.25, 0.3) is 0 Å². The smallest absolute Gasteiger partial charge is 0.159 e. The molecular formula is C27H44O6. The minimum Gasteiger partial charge on any atom is -0.390 e. The van der Waals surface area contributed by atoms with Crippen LogP contribution in [-0.4, -0.2) is 60.8 Å². The zero-order valence-corrected chi connectivity index (χ0v) is 20.9. The first-order chi connectivity index (χ1) is 15.2. The van der Waals surface area contributed by atoms with Gasteiger partial charge in [-0.3, -0.25) is 4.79 Å². The normalized spacial score (nSPS) is 47.9. The summed E-state index contributed by atoms with van der Waals surface area (Å²) in [5, 5.41) is 55.4. The molecule has 6 heteroatoms. The Morgan fingerprint density at radius 2 is 1.76 bits per heavy atom. The zero-order valence-electron chi connectivity index (χ0n) is 20.9. The molecule has 0 amide bonds. The lowest BCUT2D eigenvalue weighted by atomic mass is 9.45. The number of carbonyl (C=O) groups excluding carboxylic acids is 1. The van der Waals surface area contributed by atoms with Crippen LogP contribution in [0.3, 0.4) is 0 Å². The summed E-state index contributed by atoms with van der Waals surface area (Å²) in [5.41, 5.74) is -2.98. The standard InChI is InChI=1S/C27H44O6/c1-15(2)6-7-23(31)26(5,32)22-9-11-27(33)17-12-19(28)18-13-20(29)21(30)14-24(18,3)16(17)8-10-25(22,27)4/h12,15-16,18,20-23,29-33H,6-11,13-14H2,1-5H3/t16-,18-,20+,21-,22-,23?,24+,25+,26+,27+/m0/s1. The predicted octanol–water partition coefficient (Wildman–Crippen LogP) is 2.74. The largest absolute Gasteiger partial charge is 0.390 e. The SMILES string of the molecule is CC(C)CCC(O)[C@](C)(O)[C@H]1CC[C@@]2(O)C3=CC(=O)[C@@H]4C[C@@H](O)[C@@H](O)C[C@]4(C)[C@H]3CC[C@]12C. The van der Waals surface area contributed by atoms with Crippen molar-refractivity contribution in [3.8, 4) is 0 Å². The van der Waals surface area contributed by atoms with Crippen molar-refractivity contribution in [2.75, 3.05) is 0 Å². The lowest BCUT2D eigenvalue weighted by Gasteiger charge is -2.60. The average Bonchev–Trinajstić information content (AvgIpc) is 3.00. The van der Waals surface area contributed by atoms with Crippen LogP contribution in [0.4, 0.5) is 0 Å². The summed E-state index contributed by atoms with van der Waals surface area (Å²) in [6, 6.07) is 0. The van der Waals surface area contributed by atoms with Crippen molar-refractivity contribution < 1.29 is 30.3 Å². The summed E-state index contributed by atoms with van der Waals surface area (Å²) in [6.07, 6.45) is 3.39. The summed E-state index contributed by atoms with van der Waals surface area (Å²) in [6.45, 7) is 9.96. The number of rotatable bonds is 5. The first-order valence-corrected chi connectivity index (χ1v) is 12.9. The van der Waals surface area contributed by atoms with Gasteiger partial charge < -0.3 is 25.5 Å². The maximum Gasteiger partial charge on any atom is 0.159 e. The molecule has 4 aliphatic rings. The van der Waals surface area contributed by atoms with Gasteiger partial charge in [0.1, 0.15) is 0 Å². The van der Waals surface area contributed by atoms with Gasteiger partial charge in [-0.2, -0.15) is 0 Å². The van der Waals surface area contributed by atoms with Crippen molar-refractivity contribution in [1.82, 2.24) is 0 Å². The molecule has 10 atom stereocenters. The van der Waals surface area contributed by atoms with Crippen molar-refractivity contribution in [1.29, 1.82) is 0 Å². The first-order valence-electron chi connectivity index (χ1n) is 12.9. The van der Waals surface area contributed by atoms with Gasteiger partial charge in [0.05, 0.1) is 29.5 Å². The Morgan fingerprint density at radius 3 is 2.39 bits per heavy atom. The van der Waals surface area contributed by atoms with E-state index in [-0.39, 0.29) is 30.0 Å². The highest BCUT2D eigenvalue weighted by atomic mass is 16.3. The molecule has 4 rings (SSSR count). The lowest BCUT2D eigenvalue weighted by molar-refractivity contribution is -0.176. The van der Waals surface area contributed by atoms with E-state index in [4.69, 9.17) is 0 Å². The summed E-state index contributed by atoms with van der Waals surface area (Å²) in [5.74, 6) is -0.331. The summed E-state index contributed by atoms with van der Waals surface area (Å²) in [4.78, 5) is 13.2. The van der Waals surface area contributed by atoms with E-state index in [9.17, 15) is 30.3 Å². The van der Waals surface area contributed by atoms with E-state index in [1.807, 2.05) is 13.8 Å². The quantitative estimate of drug-likeness (QED) is 0.427. The number of hydrogen-bond donors (Lipinski definition) is 5.